The van der Waals surface area contributed by atoms with Crippen LogP contribution < -0.4 is 15.4 Å². The van der Waals surface area contributed by atoms with Crippen LogP contribution in [0.1, 0.15) is 15.9 Å². The zero-order valence-corrected chi connectivity index (χ0v) is 12.5. The molecule has 2 rings (SSSR count). The van der Waals surface area contributed by atoms with Crippen LogP contribution in [-0.4, -0.2) is 24.5 Å². The molecule has 5 heteroatoms. The summed E-state index contributed by atoms with van der Waals surface area (Å²) >= 11 is 0. The molecule has 0 fully saturated rings. The van der Waals surface area contributed by atoms with Crippen molar-refractivity contribution in [3.63, 3.8) is 0 Å². The summed E-state index contributed by atoms with van der Waals surface area (Å²) in [5.41, 5.74) is 1.57. The number of carbonyl (C=O) groups excluding carboxylic acids is 1. The Hall–Kier alpha value is -2.82. The Morgan fingerprint density at radius 1 is 1.32 bits per heavy atom. The normalized spacial score (nSPS) is 9.86. The summed E-state index contributed by atoms with van der Waals surface area (Å²) in [6.45, 7) is 4.69. The van der Waals surface area contributed by atoms with Crippen LogP contribution in [-0.2, 0) is 6.54 Å². The maximum Gasteiger partial charge on any atom is 0.251 e. The Kier molecular flexibility index (Phi) is 5.54. The molecule has 0 radical (unpaired) electrons. The highest BCUT2D eigenvalue weighted by Gasteiger charge is 2.06. The molecular formula is C17H19N3O2. The van der Waals surface area contributed by atoms with E-state index < -0.39 is 0 Å². The molecule has 0 aliphatic rings. The number of carbonyl (C=O) groups is 1. The Morgan fingerprint density at radius 2 is 2.09 bits per heavy atom. The maximum absolute atomic E-state index is 12.2. The van der Waals surface area contributed by atoms with E-state index >= 15 is 0 Å². The predicted molar refractivity (Wildman–Crippen MR) is 87.1 cm³/mol. The number of benzene rings is 1. The molecule has 1 aromatic carbocycles. The highest BCUT2D eigenvalue weighted by Crippen LogP contribution is 2.11. The summed E-state index contributed by atoms with van der Waals surface area (Å²) in [5.74, 6) is 1.30. The minimum atomic E-state index is -0.139. The number of hydrogen-bond donors (Lipinski definition) is 2. The summed E-state index contributed by atoms with van der Waals surface area (Å²) in [6, 6.07) is 11.0. The quantitative estimate of drug-likeness (QED) is 0.771. The van der Waals surface area contributed by atoms with E-state index in [-0.39, 0.29) is 5.91 Å². The van der Waals surface area contributed by atoms with Gasteiger partial charge in [0.1, 0.15) is 11.6 Å². The summed E-state index contributed by atoms with van der Waals surface area (Å²) in [6.07, 6.45) is 3.34. The molecule has 1 heterocycles. The second-order valence-electron chi connectivity index (χ2n) is 4.63. The molecule has 0 atom stereocenters. The predicted octanol–water partition coefficient (Wildman–Crippen LogP) is 2.62. The highest BCUT2D eigenvalue weighted by molar-refractivity contribution is 5.94. The van der Waals surface area contributed by atoms with Crippen molar-refractivity contribution in [3.8, 4) is 5.75 Å². The number of methoxy groups -OCH3 is 1. The van der Waals surface area contributed by atoms with Crippen molar-refractivity contribution < 1.29 is 9.53 Å². The van der Waals surface area contributed by atoms with Crippen LogP contribution in [0.2, 0.25) is 0 Å². The standard InChI is InChI=1S/C17H19N3O2/c1-3-9-18-16-11-14(8-10-19-16)17(21)20-12-13-4-6-15(22-2)7-5-13/h3-8,10-11H,1,9,12H2,2H3,(H,18,19)(H,20,21). The van der Waals surface area contributed by atoms with Crippen LogP contribution in [0.3, 0.4) is 0 Å². The lowest BCUT2D eigenvalue weighted by molar-refractivity contribution is 0.0951. The molecule has 2 aromatic rings. The fourth-order valence-electron chi connectivity index (χ4n) is 1.87. The largest absolute Gasteiger partial charge is 0.497 e. The van der Waals surface area contributed by atoms with Crippen molar-refractivity contribution in [1.82, 2.24) is 10.3 Å². The van der Waals surface area contributed by atoms with Crippen molar-refractivity contribution in [3.05, 3.63) is 66.4 Å². The van der Waals surface area contributed by atoms with E-state index in [9.17, 15) is 4.79 Å². The van der Waals surface area contributed by atoms with Crippen molar-refractivity contribution in [2.24, 2.45) is 0 Å². The van der Waals surface area contributed by atoms with Gasteiger partial charge in [0.05, 0.1) is 7.11 Å². The van der Waals surface area contributed by atoms with Crippen LogP contribution in [0.5, 0.6) is 5.75 Å². The second-order valence-corrected chi connectivity index (χ2v) is 4.63. The smallest absolute Gasteiger partial charge is 0.251 e. The van der Waals surface area contributed by atoms with Crippen molar-refractivity contribution >= 4 is 11.7 Å². The van der Waals surface area contributed by atoms with Gasteiger partial charge in [-0.05, 0) is 29.8 Å². The SMILES string of the molecule is C=CCNc1cc(C(=O)NCc2ccc(OC)cc2)ccn1. The molecule has 1 amide bonds. The van der Waals surface area contributed by atoms with Gasteiger partial charge in [0.25, 0.3) is 5.91 Å². The molecule has 0 saturated carbocycles. The number of hydrogen-bond acceptors (Lipinski definition) is 4. The first-order valence-corrected chi connectivity index (χ1v) is 6.95. The highest BCUT2D eigenvalue weighted by atomic mass is 16.5. The summed E-state index contributed by atoms with van der Waals surface area (Å²) in [7, 11) is 1.62. The molecule has 5 nitrogen and oxygen atoms in total. The van der Waals surface area contributed by atoms with Crippen LogP contribution >= 0.6 is 0 Å². The van der Waals surface area contributed by atoms with Crippen molar-refractivity contribution in [1.29, 1.82) is 0 Å². The average molecular weight is 297 g/mol. The van der Waals surface area contributed by atoms with Gasteiger partial charge in [-0.15, -0.1) is 6.58 Å². The van der Waals surface area contributed by atoms with E-state index in [1.165, 1.54) is 0 Å². The number of amides is 1. The zero-order chi connectivity index (χ0) is 15.8. The first kappa shape index (κ1) is 15.6. The van der Waals surface area contributed by atoms with Gasteiger partial charge < -0.3 is 15.4 Å². The Balaban J connectivity index is 1.94. The number of rotatable bonds is 7. The number of nitrogens with one attached hydrogen (secondary N) is 2. The molecule has 0 saturated heterocycles. The number of anilines is 1. The van der Waals surface area contributed by atoms with Crippen molar-refractivity contribution in [2.75, 3.05) is 19.0 Å². The maximum atomic E-state index is 12.2. The average Bonchev–Trinajstić information content (AvgIpc) is 2.58. The monoisotopic (exact) mass is 297 g/mol. The third kappa shape index (κ3) is 4.34. The molecular weight excluding hydrogens is 278 g/mol. The third-order valence-electron chi connectivity index (χ3n) is 3.06. The van der Waals surface area contributed by atoms with Gasteiger partial charge in [-0.25, -0.2) is 4.98 Å². The first-order chi connectivity index (χ1) is 10.7. The van der Waals surface area contributed by atoms with Gasteiger partial charge in [0.2, 0.25) is 0 Å². The summed E-state index contributed by atoms with van der Waals surface area (Å²) in [4.78, 5) is 16.3. The van der Waals surface area contributed by atoms with E-state index in [1.54, 1.807) is 31.5 Å². The van der Waals surface area contributed by atoms with E-state index in [2.05, 4.69) is 22.2 Å². The molecule has 22 heavy (non-hydrogen) atoms. The molecule has 0 aliphatic heterocycles. The van der Waals surface area contributed by atoms with Crippen LogP contribution in [0.15, 0.2) is 55.3 Å². The topological polar surface area (TPSA) is 63.2 Å². The van der Waals surface area contributed by atoms with Crippen LogP contribution in [0.4, 0.5) is 5.82 Å². The van der Waals surface area contributed by atoms with Gasteiger partial charge in [0, 0.05) is 24.8 Å². The molecule has 1 aromatic heterocycles. The Morgan fingerprint density at radius 3 is 2.77 bits per heavy atom. The Labute approximate surface area is 130 Å². The molecule has 0 unspecified atom stereocenters. The molecule has 2 N–H and O–H groups in total. The lowest BCUT2D eigenvalue weighted by Crippen LogP contribution is -2.23. The lowest BCUT2D eigenvalue weighted by Gasteiger charge is -2.08. The minimum absolute atomic E-state index is 0.139. The second kappa shape index (κ2) is 7.83. The van der Waals surface area contributed by atoms with Crippen molar-refractivity contribution in [2.45, 2.75) is 6.54 Å². The number of aromatic nitrogens is 1. The number of ether oxygens (including phenoxy) is 1. The van der Waals surface area contributed by atoms with E-state index in [1.807, 2.05) is 24.3 Å². The third-order valence-corrected chi connectivity index (χ3v) is 3.06. The molecule has 0 bridgehead atoms. The van der Waals surface area contributed by atoms with E-state index in [0.29, 0.717) is 24.5 Å². The molecule has 114 valence electrons. The summed E-state index contributed by atoms with van der Waals surface area (Å²) < 4.78 is 5.10. The fourth-order valence-corrected chi connectivity index (χ4v) is 1.87. The van der Waals surface area contributed by atoms with Gasteiger partial charge in [-0.3, -0.25) is 4.79 Å². The van der Waals surface area contributed by atoms with E-state index in [0.717, 1.165) is 11.3 Å². The first-order valence-electron chi connectivity index (χ1n) is 6.95. The van der Waals surface area contributed by atoms with Gasteiger partial charge >= 0.3 is 0 Å². The number of nitrogens with zero attached hydrogens (tertiary/aromatic N) is 1. The Bertz CT molecular complexity index is 639. The van der Waals surface area contributed by atoms with Crippen LogP contribution in [0, 0.1) is 0 Å². The zero-order valence-electron chi connectivity index (χ0n) is 12.5. The van der Waals surface area contributed by atoms with Gasteiger partial charge in [0.15, 0.2) is 0 Å². The minimum Gasteiger partial charge on any atom is -0.497 e. The van der Waals surface area contributed by atoms with Gasteiger partial charge in [-0.2, -0.15) is 0 Å². The molecule has 0 aliphatic carbocycles. The van der Waals surface area contributed by atoms with Gasteiger partial charge in [-0.1, -0.05) is 18.2 Å². The lowest BCUT2D eigenvalue weighted by atomic mass is 10.2. The van der Waals surface area contributed by atoms with E-state index in [4.69, 9.17) is 4.74 Å². The molecule has 0 spiro atoms. The number of pyridine rings is 1. The summed E-state index contributed by atoms with van der Waals surface area (Å²) in [5, 5.41) is 5.93. The van der Waals surface area contributed by atoms with Crippen LogP contribution in [0.25, 0.3) is 0 Å². The fraction of sp³-hybridized carbons (Fsp3) is 0.176.